The smallest absolute Gasteiger partial charge is 0.0730 e. The van der Waals surface area contributed by atoms with E-state index >= 15 is 0 Å². The minimum atomic E-state index is -0.448. The predicted molar refractivity (Wildman–Crippen MR) is 59.1 cm³/mol. The van der Waals surface area contributed by atoms with Gasteiger partial charge in [-0.25, -0.2) is 0 Å². The van der Waals surface area contributed by atoms with E-state index in [1.54, 1.807) is 0 Å². The average molecular weight is 193 g/mol. The first kappa shape index (κ1) is 11.2. The molecule has 1 aromatic carbocycles. The van der Waals surface area contributed by atoms with Gasteiger partial charge >= 0.3 is 0 Å². The number of aryl methyl sites for hydroxylation is 2. The van der Waals surface area contributed by atoms with Crippen molar-refractivity contribution in [2.45, 2.75) is 39.3 Å². The van der Waals surface area contributed by atoms with Gasteiger partial charge in [-0.05, 0) is 31.4 Å². The summed E-state index contributed by atoms with van der Waals surface area (Å²) in [6.45, 7) is 6.02. The fourth-order valence-corrected chi connectivity index (χ4v) is 1.66. The minimum Gasteiger partial charge on any atom is -0.391 e. The Morgan fingerprint density at radius 3 is 2.50 bits per heavy atom. The molecule has 0 amide bonds. The second kappa shape index (κ2) is 4.58. The Labute approximate surface area is 85.8 Å². The Hall–Kier alpha value is -0.860. The molecule has 2 heteroatoms. The maximum absolute atomic E-state index is 9.65. The third kappa shape index (κ3) is 2.34. The fraction of sp³-hybridized carbons (Fsp3) is 0.500. The Bertz CT molecular complexity index is 309. The second-order valence-corrected chi connectivity index (χ2v) is 3.86. The van der Waals surface area contributed by atoms with Crippen LogP contribution in [0.4, 0.5) is 0 Å². The van der Waals surface area contributed by atoms with Gasteiger partial charge in [0, 0.05) is 0 Å². The van der Waals surface area contributed by atoms with Crippen LogP contribution >= 0.6 is 0 Å². The number of hydrogen-bond acceptors (Lipinski definition) is 2. The maximum Gasteiger partial charge on any atom is 0.0730 e. The highest BCUT2D eigenvalue weighted by Crippen LogP contribution is 2.20. The van der Waals surface area contributed by atoms with Crippen LogP contribution in [0, 0.1) is 13.8 Å². The predicted octanol–water partition coefficient (Wildman–Crippen LogP) is 2.07. The lowest BCUT2D eigenvalue weighted by Crippen LogP contribution is -2.26. The first-order valence-electron chi connectivity index (χ1n) is 5.07. The molecule has 0 saturated carbocycles. The van der Waals surface area contributed by atoms with E-state index in [0.29, 0.717) is 6.42 Å². The van der Waals surface area contributed by atoms with Gasteiger partial charge in [-0.1, -0.05) is 30.7 Å². The lowest BCUT2D eigenvalue weighted by molar-refractivity contribution is 0.140. The zero-order chi connectivity index (χ0) is 10.7. The largest absolute Gasteiger partial charge is 0.391 e. The van der Waals surface area contributed by atoms with Gasteiger partial charge in [0.15, 0.2) is 0 Å². The van der Waals surface area contributed by atoms with Gasteiger partial charge in [0.25, 0.3) is 0 Å². The minimum absolute atomic E-state index is 0.263. The highest BCUT2D eigenvalue weighted by molar-refractivity contribution is 5.33. The van der Waals surface area contributed by atoms with E-state index in [9.17, 15) is 5.11 Å². The molecule has 0 unspecified atom stereocenters. The molecule has 0 spiro atoms. The number of aliphatic hydroxyl groups excluding tert-OH is 1. The summed E-state index contributed by atoms with van der Waals surface area (Å²) in [5.74, 6) is 0. The van der Waals surface area contributed by atoms with E-state index in [4.69, 9.17) is 5.73 Å². The topological polar surface area (TPSA) is 46.2 Å². The first-order chi connectivity index (χ1) is 6.56. The quantitative estimate of drug-likeness (QED) is 0.772. The van der Waals surface area contributed by atoms with E-state index in [1.165, 1.54) is 5.56 Å². The number of rotatable bonds is 3. The van der Waals surface area contributed by atoms with Crippen LogP contribution in [0.1, 0.15) is 36.1 Å². The van der Waals surface area contributed by atoms with Crippen molar-refractivity contribution in [3.05, 3.63) is 34.9 Å². The summed E-state index contributed by atoms with van der Waals surface area (Å²) < 4.78 is 0. The van der Waals surface area contributed by atoms with Gasteiger partial charge in [0.2, 0.25) is 0 Å². The summed E-state index contributed by atoms with van der Waals surface area (Å²) in [5.41, 5.74) is 9.38. The summed E-state index contributed by atoms with van der Waals surface area (Å²) >= 11 is 0. The van der Waals surface area contributed by atoms with Gasteiger partial charge in [-0.3, -0.25) is 0 Å². The van der Waals surface area contributed by atoms with E-state index in [2.05, 4.69) is 13.0 Å². The molecule has 0 saturated heterocycles. The van der Waals surface area contributed by atoms with Gasteiger partial charge in [-0.15, -0.1) is 0 Å². The van der Waals surface area contributed by atoms with Gasteiger partial charge in [0.05, 0.1) is 12.1 Å². The normalized spacial score (nSPS) is 15.2. The second-order valence-electron chi connectivity index (χ2n) is 3.86. The molecular weight excluding hydrogens is 174 g/mol. The zero-order valence-corrected chi connectivity index (χ0v) is 9.12. The monoisotopic (exact) mass is 193 g/mol. The lowest BCUT2D eigenvalue weighted by Gasteiger charge is -2.19. The summed E-state index contributed by atoms with van der Waals surface area (Å²) in [6, 6.07) is 5.87. The Morgan fingerprint density at radius 2 is 2.00 bits per heavy atom. The van der Waals surface area contributed by atoms with Crippen LogP contribution in [0.3, 0.4) is 0 Å². The fourth-order valence-electron chi connectivity index (χ4n) is 1.66. The Balaban J connectivity index is 2.95. The van der Waals surface area contributed by atoms with Crippen LogP contribution in [-0.4, -0.2) is 11.2 Å². The molecule has 0 aliphatic rings. The summed E-state index contributed by atoms with van der Waals surface area (Å²) in [4.78, 5) is 0. The SMILES string of the molecule is CC[C@@H](O)[C@@H](N)c1ccc(C)cc1C. The van der Waals surface area contributed by atoms with E-state index in [0.717, 1.165) is 11.1 Å². The Kier molecular flexibility index (Phi) is 3.67. The number of aliphatic hydroxyl groups is 1. The molecular formula is C12H19NO. The van der Waals surface area contributed by atoms with E-state index < -0.39 is 6.10 Å². The van der Waals surface area contributed by atoms with Gasteiger partial charge in [-0.2, -0.15) is 0 Å². The van der Waals surface area contributed by atoms with Crippen LogP contribution in [-0.2, 0) is 0 Å². The van der Waals surface area contributed by atoms with Crippen LogP contribution in [0.25, 0.3) is 0 Å². The standard InChI is InChI=1S/C12H19NO/c1-4-11(14)12(13)10-6-5-8(2)7-9(10)3/h5-7,11-12,14H,4,13H2,1-3H3/t11-,12+/m1/s1. The highest BCUT2D eigenvalue weighted by Gasteiger charge is 2.16. The van der Waals surface area contributed by atoms with Crippen LogP contribution in [0.15, 0.2) is 18.2 Å². The van der Waals surface area contributed by atoms with Crippen molar-refractivity contribution < 1.29 is 5.11 Å². The molecule has 0 fully saturated rings. The summed E-state index contributed by atoms with van der Waals surface area (Å²) in [6.07, 6.45) is 0.241. The molecule has 1 rings (SSSR count). The van der Waals surface area contributed by atoms with Gasteiger partial charge in [0.1, 0.15) is 0 Å². The first-order valence-corrected chi connectivity index (χ1v) is 5.07. The van der Waals surface area contributed by atoms with Crippen molar-refractivity contribution in [1.29, 1.82) is 0 Å². The van der Waals surface area contributed by atoms with Crippen LogP contribution in [0.5, 0.6) is 0 Å². The molecule has 14 heavy (non-hydrogen) atoms. The van der Waals surface area contributed by atoms with E-state index in [1.807, 2.05) is 26.0 Å². The molecule has 0 heterocycles. The van der Waals surface area contributed by atoms with Crippen molar-refractivity contribution in [3.63, 3.8) is 0 Å². The van der Waals surface area contributed by atoms with Crippen LogP contribution in [0.2, 0.25) is 0 Å². The molecule has 3 N–H and O–H groups in total. The summed E-state index contributed by atoms with van der Waals surface area (Å²) in [5, 5.41) is 9.65. The molecule has 0 radical (unpaired) electrons. The van der Waals surface area contributed by atoms with Crippen LogP contribution < -0.4 is 5.73 Å². The molecule has 2 atom stereocenters. The van der Waals surface area contributed by atoms with Crippen molar-refractivity contribution in [1.82, 2.24) is 0 Å². The maximum atomic E-state index is 9.65. The number of hydrogen-bond donors (Lipinski definition) is 2. The molecule has 0 aliphatic heterocycles. The number of nitrogens with two attached hydrogens (primary N) is 1. The molecule has 0 bridgehead atoms. The third-order valence-corrected chi connectivity index (χ3v) is 2.62. The van der Waals surface area contributed by atoms with Crippen molar-refractivity contribution in [2.75, 3.05) is 0 Å². The highest BCUT2D eigenvalue weighted by atomic mass is 16.3. The molecule has 1 aromatic rings. The van der Waals surface area contributed by atoms with Gasteiger partial charge < -0.3 is 10.8 Å². The summed E-state index contributed by atoms with van der Waals surface area (Å²) in [7, 11) is 0. The average Bonchev–Trinajstić information content (AvgIpc) is 2.15. The number of benzene rings is 1. The van der Waals surface area contributed by atoms with Crippen molar-refractivity contribution >= 4 is 0 Å². The third-order valence-electron chi connectivity index (χ3n) is 2.62. The molecule has 0 aliphatic carbocycles. The molecule has 0 aromatic heterocycles. The molecule has 78 valence electrons. The molecule has 2 nitrogen and oxygen atoms in total. The zero-order valence-electron chi connectivity index (χ0n) is 9.12. The van der Waals surface area contributed by atoms with Crippen molar-refractivity contribution in [3.8, 4) is 0 Å². The van der Waals surface area contributed by atoms with Crippen molar-refractivity contribution in [2.24, 2.45) is 5.73 Å². The lowest BCUT2D eigenvalue weighted by atomic mass is 9.95. The van der Waals surface area contributed by atoms with E-state index in [-0.39, 0.29) is 6.04 Å². The Morgan fingerprint density at radius 1 is 1.36 bits per heavy atom.